The molecule has 2 nitrogen and oxygen atoms in total. The van der Waals surface area contributed by atoms with Gasteiger partial charge in [0.1, 0.15) is 0 Å². The predicted octanol–water partition coefficient (Wildman–Crippen LogP) is 2.41. The number of likely N-dealkylation sites (tertiary alicyclic amines) is 1. The minimum atomic E-state index is 0.368. The smallest absolute Gasteiger partial charge is 0.0586 e. The number of hydrogen-bond acceptors (Lipinski definition) is 2. The molecule has 0 aromatic rings. The van der Waals surface area contributed by atoms with E-state index in [2.05, 4.69) is 11.8 Å². The zero-order chi connectivity index (χ0) is 10.7. The van der Waals surface area contributed by atoms with E-state index in [-0.39, 0.29) is 0 Å². The van der Waals surface area contributed by atoms with Crippen LogP contribution in [0, 0.1) is 5.92 Å². The molecule has 0 aromatic carbocycles. The Morgan fingerprint density at radius 2 is 1.93 bits per heavy atom. The summed E-state index contributed by atoms with van der Waals surface area (Å²) in [6, 6.07) is 1.26. The second kappa shape index (κ2) is 5.31. The molecule has 1 N–H and O–H groups in total. The number of rotatable bonds is 3. The second-order valence-corrected chi connectivity index (χ2v) is 5.24. The second-order valence-electron chi connectivity index (χ2n) is 5.24. The Labute approximate surface area is 93.7 Å². The molecular weight excluding hydrogens is 186 g/mol. The van der Waals surface area contributed by atoms with Crippen LogP contribution in [0.3, 0.4) is 0 Å². The average molecular weight is 211 g/mol. The molecular formula is C13H25NO. The maximum Gasteiger partial charge on any atom is 0.0586 e. The lowest BCUT2D eigenvalue weighted by atomic mass is 9.81. The molecule has 2 fully saturated rings. The van der Waals surface area contributed by atoms with Crippen LogP contribution in [0.15, 0.2) is 0 Å². The molecule has 2 aliphatic rings. The standard InChI is InChI=1S/C13H25NO/c1-2-11-6-3-4-8-13(11)14-9-5-7-12(14)10-15/h11-13,15H,2-10H2,1H3/t11?,12-,13?/m0/s1. The minimum absolute atomic E-state index is 0.368. The van der Waals surface area contributed by atoms with Crippen molar-refractivity contribution in [2.24, 2.45) is 5.92 Å². The molecule has 2 rings (SSSR count). The van der Waals surface area contributed by atoms with Crippen molar-refractivity contribution in [3.63, 3.8) is 0 Å². The molecule has 2 heteroatoms. The van der Waals surface area contributed by atoms with E-state index >= 15 is 0 Å². The Kier molecular flexibility index (Phi) is 4.04. The highest BCUT2D eigenvalue weighted by Crippen LogP contribution is 2.34. The molecule has 0 spiro atoms. The highest BCUT2D eigenvalue weighted by atomic mass is 16.3. The molecule has 1 heterocycles. The first kappa shape index (κ1) is 11.4. The zero-order valence-electron chi connectivity index (χ0n) is 9.99. The molecule has 88 valence electrons. The molecule has 3 atom stereocenters. The average Bonchev–Trinajstić information content (AvgIpc) is 2.76. The van der Waals surface area contributed by atoms with Crippen molar-refractivity contribution in [2.45, 2.75) is 64.0 Å². The maximum absolute atomic E-state index is 9.38. The molecule has 2 unspecified atom stereocenters. The molecule has 15 heavy (non-hydrogen) atoms. The fraction of sp³-hybridized carbons (Fsp3) is 1.00. The molecule has 0 aromatic heterocycles. The van der Waals surface area contributed by atoms with Gasteiger partial charge >= 0.3 is 0 Å². The van der Waals surface area contributed by atoms with Gasteiger partial charge in [0.25, 0.3) is 0 Å². The summed E-state index contributed by atoms with van der Waals surface area (Å²) < 4.78 is 0. The summed E-state index contributed by atoms with van der Waals surface area (Å²) in [6.45, 7) is 3.92. The monoisotopic (exact) mass is 211 g/mol. The Hall–Kier alpha value is -0.0800. The van der Waals surface area contributed by atoms with Crippen LogP contribution in [0.2, 0.25) is 0 Å². The van der Waals surface area contributed by atoms with E-state index in [4.69, 9.17) is 0 Å². The Bertz CT molecular complexity index is 195. The van der Waals surface area contributed by atoms with Crippen LogP contribution in [0.25, 0.3) is 0 Å². The molecule has 0 radical (unpaired) electrons. The van der Waals surface area contributed by atoms with Gasteiger partial charge in [0.2, 0.25) is 0 Å². The van der Waals surface area contributed by atoms with E-state index in [1.807, 2.05) is 0 Å². The topological polar surface area (TPSA) is 23.5 Å². The Balaban J connectivity index is 1.99. The molecule has 1 saturated heterocycles. The van der Waals surface area contributed by atoms with E-state index < -0.39 is 0 Å². The summed E-state index contributed by atoms with van der Waals surface area (Å²) in [5.74, 6) is 0.894. The molecule has 1 saturated carbocycles. The number of aliphatic hydroxyl groups excluding tert-OH is 1. The number of aliphatic hydroxyl groups is 1. The maximum atomic E-state index is 9.38. The van der Waals surface area contributed by atoms with E-state index in [1.165, 1.54) is 51.5 Å². The summed E-state index contributed by atoms with van der Waals surface area (Å²) in [6.07, 6.45) is 9.42. The number of hydrogen-bond donors (Lipinski definition) is 1. The van der Waals surface area contributed by atoms with Gasteiger partial charge in [-0.1, -0.05) is 26.2 Å². The van der Waals surface area contributed by atoms with Gasteiger partial charge in [-0.2, -0.15) is 0 Å². The van der Waals surface area contributed by atoms with Crippen molar-refractivity contribution in [1.29, 1.82) is 0 Å². The van der Waals surface area contributed by atoms with Crippen LogP contribution in [-0.4, -0.2) is 35.2 Å². The van der Waals surface area contributed by atoms with Gasteiger partial charge < -0.3 is 5.11 Å². The van der Waals surface area contributed by atoms with Crippen molar-refractivity contribution in [1.82, 2.24) is 4.90 Å². The fourth-order valence-electron chi connectivity index (χ4n) is 3.59. The van der Waals surface area contributed by atoms with Crippen molar-refractivity contribution in [3.05, 3.63) is 0 Å². The van der Waals surface area contributed by atoms with Crippen molar-refractivity contribution in [3.8, 4) is 0 Å². The van der Waals surface area contributed by atoms with Gasteiger partial charge in [-0.05, 0) is 38.1 Å². The Morgan fingerprint density at radius 3 is 2.67 bits per heavy atom. The van der Waals surface area contributed by atoms with E-state index in [0.29, 0.717) is 12.6 Å². The normalized spacial score (nSPS) is 38.4. The van der Waals surface area contributed by atoms with Gasteiger partial charge in [0, 0.05) is 12.1 Å². The van der Waals surface area contributed by atoms with E-state index in [9.17, 15) is 5.11 Å². The van der Waals surface area contributed by atoms with Gasteiger partial charge in [-0.3, -0.25) is 4.90 Å². The first-order valence-corrected chi connectivity index (χ1v) is 6.73. The summed E-state index contributed by atoms with van der Waals surface area (Å²) in [4.78, 5) is 2.62. The van der Waals surface area contributed by atoms with Crippen LogP contribution >= 0.6 is 0 Å². The molecule has 1 aliphatic carbocycles. The van der Waals surface area contributed by atoms with Gasteiger partial charge in [-0.25, -0.2) is 0 Å². The van der Waals surface area contributed by atoms with Crippen LogP contribution in [0.5, 0.6) is 0 Å². The SMILES string of the molecule is CCC1CCCCC1N1CCC[C@H]1CO. The largest absolute Gasteiger partial charge is 0.395 e. The Morgan fingerprint density at radius 1 is 1.13 bits per heavy atom. The van der Waals surface area contributed by atoms with Crippen LogP contribution in [-0.2, 0) is 0 Å². The van der Waals surface area contributed by atoms with Crippen LogP contribution < -0.4 is 0 Å². The first-order chi connectivity index (χ1) is 7.36. The van der Waals surface area contributed by atoms with Crippen molar-refractivity contribution >= 4 is 0 Å². The van der Waals surface area contributed by atoms with Crippen LogP contribution in [0.1, 0.15) is 51.9 Å². The highest BCUT2D eigenvalue weighted by molar-refractivity contribution is 4.89. The van der Waals surface area contributed by atoms with Gasteiger partial charge in [0.15, 0.2) is 0 Å². The molecule has 0 bridgehead atoms. The lowest BCUT2D eigenvalue weighted by Crippen LogP contribution is -2.46. The summed E-state index contributed by atoms with van der Waals surface area (Å²) >= 11 is 0. The lowest BCUT2D eigenvalue weighted by molar-refractivity contribution is 0.0623. The molecule has 0 amide bonds. The third-order valence-electron chi connectivity index (χ3n) is 4.45. The predicted molar refractivity (Wildman–Crippen MR) is 62.9 cm³/mol. The van der Waals surface area contributed by atoms with Gasteiger partial charge in [0.05, 0.1) is 6.61 Å². The number of nitrogens with zero attached hydrogens (tertiary/aromatic N) is 1. The lowest BCUT2D eigenvalue weighted by Gasteiger charge is -2.40. The highest BCUT2D eigenvalue weighted by Gasteiger charge is 2.35. The van der Waals surface area contributed by atoms with Gasteiger partial charge in [-0.15, -0.1) is 0 Å². The minimum Gasteiger partial charge on any atom is -0.395 e. The zero-order valence-corrected chi connectivity index (χ0v) is 9.99. The quantitative estimate of drug-likeness (QED) is 0.775. The van der Waals surface area contributed by atoms with Crippen molar-refractivity contribution < 1.29 is 5.11 Å². The third kappa shape index (κ3) is 2.36. The summed E-state index contributed by atoms with van der Waals surface area (Å²) in [5.41, 5.74) is 0. The third-order valence-corrected chi connectivity index (χ3v) is 4.45. The molecule has 1 aliphatic heterocycles. The fourth-order valence-corrected chi connectivity index (χ4v) is 3.59. The summed E-state index contributed by atoms with van der Waals surface area (Å²) in [7, 11) is 0. The summed E-state index contributed by atoms with van der Waals surface area (Å²) in [5, 5.41) is 9.38. The van der Waals surface area contributed by atoms with E-state index in [0.717, 1.165) is 12.0 Å². The first-order valence-electron chi connectivity index (χ1n) is 6.73. The van der Waals surface area contributed by atoms with Crippen LogP contribution in [0.4, 0.5) is 0 Å². The van der Waals surface area contributed by atoms with E-state index in [1.54, 1.807) is 0 Å². The van der Waals surface area contributed by atoms with Crippen molar-refractivity contribution in [2.75, 3.05) is 13.2 Å².